The van der Waals surface area contributed by atoms with Crippen LogP contribution in [0.1, 0.15) is 5.56 Å². The van der Waals surface area contributed by atoms with Crippen molar-refractivity contribution in [1.82, 2.24) is 15.0 Å². The fourth-order valence-electron chi connectivity index (χ4n) is 3.10. The number of hydrogen-bond donors (Lipinski definition) is 5. The van der Waals surface area contributed by atoms with Crippen LogP contribution in [0, 0.1) is 0 Å². The van der Waals surface area contributed by atoms with Gasteiger partial charge in [0, 0.05) is 25.1 Å². The minimum Gasteiger partial charge on any atom is -0.508 e. The molecular weight excluding hydrogens is 452 g/mol. The molecule has 35 heavy (non-hydrogen) atoms. The van der Waals surface area contributed by atoms with E-state index >= 15 is 0 Å². The Morgan fingerprint density at radius 3 is 2.29 bits per heavy atom. The Hall–Kier alpha value is -3.80. The number of nitrogens with two attached hydrogens (primary N) is 1. The number of nitrogens with one attached hydrogen (secondary N) is 2. The highest BCUT2D eigenvalue weighted by Crippen LogP contribution is 2.19. The summed E-state index contributed by atoms with van der Waals surface area (Å²) in [5, 5.41) is 25.2. The van der Waals surface area contributed by atoms with Gasteiger partial charge in [0.25, 0.3) is 0 Å². The molecule has 11 nitrogen and oxygen atoms in total. The molecule has 0 amide bonds. The zero-order valence-electron chi connectivity index (χ0n) is 19.3. The number of aromatic hydroxyl groups is 1. The summed E-state index contributed by atoms with van der Waals surface area (Å²) in [6, 6.07) is 14.7. The fraction of sp³-hybridized carbons (Fsp3) is 0.333. The highest BCUT2D eigenvalue weighted by Gasteiger charge is 2.20. The lowest BCUT2D eigenvalue weighted by Crippen LogP contribution is -2.32. The standard InChI is InChI=1S/C24H30N6O5/c25-10-12-34-14-15-35-13-11-26-23-28-21(18-4-2-1-3-5-18)29-24(30-23)27-20(22(32)33)16-17-6-8-19(31)9-7-17/h1-9,20,31H,10-16,25H2,(H,32,33)(H2,26,27,28,29,30)/t20-/m0/s1. The molecule has 0 spiro atoms. The molecule has 0 aliphatic rings. The van der Waals surface area contributed by atoms with Crippen LogP contribution in [0.25, 0.3) is 11.4 Å². The summed E-state index contributed by atoms with van der Waals surface area (Å²) < 4.78 is 10.8. The van der Waals surface area contributed by atoms with Gasteiger partial charge < -0.3 is 36.1 Å². The Morgan fingerprint density at radius 1 is 0.914 bits per heavy atom. The second-order valence-electron chi connectivity index (χ2n) is 7.52. The van der Waals surface area contributed by atoms with Crippen LogP contribution in [0.15, 0.2) is 54.6 Å². The Balaban J connectivity index is 1.70. The second-order valence-corrected chi connectivity index (χ2v) is 7.52. The Labute approximate surface area is 203 Å². The third-order valence-corrected chi connectivity index (χ3v) is 4.81. The van der Waals surface area contributed by atoms with E-state index in [4.69, 9.17) is 15.2 Å². The maximum absolute atomic E-state index is 11.9. The number of aromatic nitrogens is 3. The number of phenols is 1. The molecule has 0 saturated heterocycles. The van der Waals surface area contributed by atoms with Crippen molar-refractivity contribution in [2.24, 2.45) is 5.73 Å². The summed E-state index contributed by atoms with van der Waals surface area (Å²) in [5.74, 6) is -0.127. The van der Waals surface area contributed by atoms with E-state index in [2.05, 4.69) is 25.6 Å². The van der Waals surface area contributed by atoms with Crippen LogP contribution in [0.3, 0.4) is 0 Å². The number of carbonyl (C=O) groups is 1. The van der Waals surface area contributed by atoms with Crippen molar-refractivity contribution in [3.05, 3.63) is 60.2 Å². The highest BCUT2D eigenvalue weighted by atomic mass is 16.5. The number of ether oxygens (including phenoxy) is 2. The lowest BCUT2D eigenvalue weighted by Gasteiger charge is -2.16. The van der Waals surface area contributed by atoms with Crippen LogP contribution >= 0.6 is 0 Å². The van der Waals surface area contributed by atoms with Crippen LogP contribution in [0.4, 0.5) is 11.9 Å². The topological polar surface area (TPSA) is 165 Å². The molecular formula is C24H30N6O5. The van der Waals surface area contributed by atoms with Gasteiger partial charge in [0.2, 0.25) is 11.9 Å². The molecule has 1 heterocycles. The monoisotopic (exact) mass is 482 g/mol. The summed E-state index contributed by atoms with van der Waals surface area (Å²) in [6.07, 6.45) is 0.171. The van der Waals surface area contributed by atoms with E-state index in [1.54, 1.807) is 12.1 Å². The van der Waals surface area contributed by atoms with Gasteiger partial charge in [-0.05, 0) is 17.7 Å². The molecule has 0 aliphatic heterocycles. The maximum Gasteiger partial charge on any atom is 0.326 e. The minimum absolute atomic E-state index is 0.112. The van der Waals surface area contributed by atoms with Gasteiger partial charge in [0.15, 0.2) is 5.82 Å². The number of anilines is 2. The van der Waals surface area contributed by atoms with Crippen LogP contribution in [0.2, 0.25) is 0 Å². The van der Waals surface area contributed by atoms with E-state index < -0.39 is 12.0 Å². The summed E-state index contributed by atoms with van der Waals surface area (Å²) in [5.41, 5.74) is 6.88. The van der Waals surface area contributed by atoms with Gasteiger partial charge in [-0.1, -0.05) is 42.5 Å². The van der Waals surface area contributed by atoms with E-state index in [1.807, 2.05) is 30.3 Å². The first kappa shape index (κ1) is 25.8. The van der Waals surface area contributed by atoms with Gasteiger partial charge in [0.05, 0.1) is 26.4 Å². The predicted octanol–water partition coefficient (Wildman–Crippen LogP) is 1.76. The van der Waals surface area contributed by atoms with Gasteiger partial charge in [0.1, 0.15) is 11.8 Å². The number of carboxylic acid groups (broad SMARTS) is 1. The lowest BCUT2D eigenvalue weighted by atomic mass is 10.1. The van der Waals surface area contributed by atoms with Gasteiger partial charge in [-0.25, -0.2) is 4.79 Å². The summed E-state index contributed by atoms with van der Waals surface area (Å²) >= 11 is 0. The summed E-state index contributed by atoms with van der Waals surface area (Å²) in [6.45, 7) is 2.71. The molecule has 0 unspecified atom stereocenters. The smallest absolute Gasteiger partial charge is 0.326 e. The summed E-state index contributed by atoms with van der Waals surface area (Å²) in [4.78, 5) is 25.2. The van der Waals surface area contributed by atoms with Crippen molar-refractivity contribution in [3.63, 3.8) is 0 Å². The highest BCUT2D eigenvalue weighted by molar-refractivity contribution is 5.77. The molecule has 3 aromatic rings. The van der Waals surface area contributed by atoms with Crippen molar-refractivity contribution < 1.29 is 24.5 Å². The minimum atomic E-state index is -1.06. The van der Waals surface area contributed by atoms with Crippen molar-refractivity contribution in [1.29, 1.82) is 0 Å². The van der Waals surface area contributed by atoms with E-state index in [1.165, 1.54) is 12.1 Å². The first-order valence-electron chi connectivity index (χ1n) is 11.2. The first-order chi connectivity index (χ1) is 17.0. The molecule has 1 atom stereocenters. The van der Waals surface area contributed by atoms with Crippen LogP contribution in [-0.2, 0) is 20.7 Å². The number of nitrogens with zero attached hydrogens (tertiary/aromatic N) is 3. The molecule has 0 bridgehead atoms. The molecule has 0 saturated carbocycles. The third-order valence-electron chi connectivity index (χ3n) is 4.81. The Bertz CT molecular complexity index is 1050. The summed E-state index contributed by atoms with van der Waals surface area (Å²) in [7, 11) is 0. The van der Waals surface area contributed by atoms with E-state index in [0.29, 0.717) is 45.3 Å². The number of rotatable bonds is 15. The normalized spacial score (nSPS) is 11.7. The van der Waals surface area contributed by atoms with Gasteiger partial charge in [-0.15, -0.1) is 0 Å². The van der Waals surface area contributed by atoms with Crippen molar-refractivity contribution in [2.45, 2.75) is 12.5 Å². The molecule has 0 aliphatic carbocycles. The van der Waals surface area contributed by atoms with Gasteiger partial charge in [-0.3, -0.25) is 0 Å². The third kappa shape index (κ3) is 8.81. The molecule has 2 aromatic carbocycles. The molecule has 6 N–H and O–H groups in total. The van der Waals surface area contributed by atoms with Crippen LogP contribution in [0.5, 0.6) is 5.75 Å². The zero-order valence-corrected chi connectivity index (χ0v) is 19.3. The van der Waals surface area contributed by atoms with Gasteiger partial charge in [-0.2, -0.15) is 15.0 Å². The average molecular weight is 483 g/mol. The molecule has 0 fully saturated rings. The average Bonchev–Trinajstić information content (AvgIpc) is 2.87. The van der Waals surface area contributed by atoms with Crippen molar-refractivity contribution in [2.75, 3.05) is 50.2 Å². The number of aliphatic carboxylic acids is 1. The number of benzene rings is 2. The maximum atomic E-state index is 11.9. The SMILES string of the molecule is NCCOCCOCCNc1nc(N[C@@H](Cc2ccc(O)cc2)C(=O)O)nc(-c2ccccc2)n1. The van der Waals surface area contributed by atoms with Crippen LogP contribution in [-0.4, -0.2) is 76.7 Å². The molecule has 186 valence electrons. The van der Waals surface area contributed by atoms with Crippen molar-refractivity contribution >= 4 is 17.9 Å². The van der Waals surface area contributed by atoms with Crippen molar-refractivity contribution in [3.8, 4) is 17.1 Å². The molecule has 1 aromatic heterocycles. The van der Waals surface area contributed by atoms with E-state index in [9.17, 15) is 15.0 Å². The lowest BCUT2D eigenvalue weighted by molar-refractivity contribution is -0.137. The van der Waals surface area contributed by atoms with Gasteiger partial charge >= 0.3 is 5.97 Å². The molecule has 0 radical (unpaired) electrons. The largest absolute Gasteiger partial charge is 0.508 e. The zero-order chi connectivity index (χ0) is 24.9. The Morgan fingerprint density at radius 2 is 1.60 bits per heavy atom. The second kappa shape index (κ2) is 13.8. The first-order valence-corrected chi connectivity index (χ1v) is 11.2. The molecule has 11 heteroatoms. The van der Waals surface area contributed by atoms with E-state index in [-0.39, 0.29) is 24.1 Å². The number of carboxylic acids is 1. The molecule has 3 rings (SSSR count). The predicted molar refractivity (Wildman–Crippen MR) is 131 cm³/mol. The quantitative estimate of drug-likeness (QED) is 0.200. The number of phenolic OH excluding ortho intramolecular Hbond substituents is 1. The fourth-order valence-corrected chi connectivity index (χ4v) is 3.10. The Kier molecular flexibility index (Phi) is 10.2. The number of hydrogen-bond acceptors (Lipinski definition) is 10. The van der Waals surface area contributed by atoms with Crippen LogP contribution < -0.4 is 16.4 Å². The van der Waals surface area contributed by atoms with E-state index in [0.717, 1.165) is 11.1 Å².